The molecule has 1 fully saturated rings. The summed E-state index contributed by atoms with van der Waals surface area (Å²) in [6.45, 7) is 1.79. The molecule has 0 aliphatic heterocycles. The van der Waals surface area contributed by atoms with Gasteiger partial charge in [0.15, 0.2) is 0 Å². The Hall–Kier alpha value is -0.0800. The Kier molecular flexibility index (Phi) is 3.16. The summed E-state index contributed by atoms with van der Waals surface area (Å²) in [5.41, 5.74) is 7.19. The second kappa shape index (κ2) is 3.94. The van der Waals surface area contributed by atoms with Gasteiger partial charge < -0.3 is 4.74 Å². The fourth-order valence-electron chi connectivity index (χ4n) is 1.49. The molecule has 1 saturated carbocycles. The summed E-state index contributed by atoms with van der Waals surface area (Å²) in [5.74, 6) is 0. The molecule has 0 aromatic rings. The van der Waals surface area contributed by atoms with E-state index in [9.17, 15) is 0 Å². The third kappa shape index (κ3) is 2.67. The molecular formula is C8H16NO. The second-order valence-corrected chi connectivity index (χ2v) is 3.04. The molecule has 1 N–H and O–H groups in total. The molecule has 2 nitrogen and oxygen atoms in total. The molecule has 1 aliphatic rings. The zero-order chi connectivity index (χ0) is 7.40. The highest BCUT2D eigenvalue weighted by Gasteiger charge is 2.14. The number of rotatable bonds is 2. The molecule has 0 amide bonds. The van der Waals surface area contributed by atoms with E-state index >= 15 is 0 Å². The van der Waals surface area contributed by atoms with Crippen molar-refractivity contribution in [3.63, 3.8) is 0 Å². The Bertz CT molecular complexity index is 87.3. The quantitative estimate of drug-likeness (QED) is 0.580. The first-order valence-corrected chi connectivity index (χ1v) is 4.15. The van der Waals surface area contributed by atoms with Crippen LogP contribution in [0.25, 0.3) is 0 Å². The van der Waals surface area contributed by atoms with Crippen molar-refractivity contribution >= 4 is 0 Å². The predicted molar refractivity (Wildman–Crippen MR) is 40.5 cm³/mol. The fourth-order valence-corrected chi connectivity index (χ4v) is 1.49. The molecule has 0 spiro atoms. The van der Waals surface area contributed by atoms with Crippen LogP contribution in [0.4, 0.5) is 0 Å². The average Bonchev–Trinajstić information content (AvgIpc) is 1.88. The molecule has 1 atom stereocenters. The summed E-state index contributed by atoms with van der Waals surface area (Å²) in [5, 5.41) is 0. The first-order valence-electron chi connectivity index (χ1n) is 4.15. The third-order valence-electron chi connectivity index (χ3n) is 1.95. The summed E-state index contributed by atoms with van der Waals surface area (Å²) in [6, 6.07) is 0. The number of ether oxygens (including phenoxy) is 1. The van der Waals surface area contributed by atoms with Crippen LogP contribution in [0.3, 0.4) is 0 Å². The molecule has 1 rings (SSSR count). The summed E-state index contributed by atoms with van der Waals surface area (Å²) in [6.07, 6.45) is 6.33. The predicted octanol–water partition coefficient (Wildman–Crippen LogP) is 1.96. The zero-order valence-corrected chi connectivity index (χ0v) is 6.60. The van der Waals surface area contributed by atoms with Gasteiger partial charge in [0.25, 0.3) is 0 Å². The van der Waals surface area contributed by atoms with Gasteiger partial charge in [-0.25, -0.2) is 5.73 Å². The van der Waals surface area contributed by atoms with Crippen molar-refractivity contribution in [3.05, 3.63) is 0 Å². The summed E-state index contributed by atoms with van der Waals surface area (Å²) in [7, 11) is 0. The number of nitrogens with one attached hydrogen (secondary N) is 1. The van der Waals surface area contributed by atoms with Gasteiger partial charge in [0.2, 0.25) is 0 Å². The standard InChI is InChI=1S/C8H16NO/c1-7(9)10-8-5-3-2-4-6-8/h7-9H,2-6H2,1H3. The van der Waals surface area contributed by atoms with Crippen LogP contribution in [-0.4, -0.2) is 12.3 Å². The van der Waals surface area contributed by atoms with Gasteiger partial charge in [0.05, 0.1) is 6.10 Å². The van der Waals surface area contributed by atoms with E-state index in [0.29, 0.717) is 6.10 Å². The van der Waals surface area contributed by atoms with Gasteiger partial charge in [-0.05, 0) is 19.8 Å². The molecule has 1 unspecified atom stereocenters. The molecule has 59 valence electrons. The van der Waals surface area contributed by atoms with Crippen molar-refractivity contribution in [1.29, 1.82) is 0 Å². The minimum atomic E-state index is -0.330. The molecule has 0 aromatic heterocycles. The highest BCUT2D eigenvalue weighted by atomic mass is 16.5. The number of hydrogen-bond acceptors (Lipinski definition) is 1. The lowest BCUT2D eigenvalue weighted by atomic mass is 9.98. The fraction of sp³-hybridized carbons (Fsp3) is 1.00. The summed E-state index contributed by atoms with van der Waals surface area (Å²) in [4.78, 5) is 0. The van der Waals surface area contributed by atoms with Crippen LogP contribution in [0.15, 0.2) is 0 Å². The van der Waals surface area contributed by atoms with Crippen molar-refractivity contribution < 1.29 is 4.74 Å². The first kappa shape index (κ1) is 8.02. The SMILES string of the molecule is CC([NH])OC1CCCCC1. The minimum Gasteiger partial charge on any atom is -0.359 e. The van der Waals surface area contributed by atoms with E-state index in [2.05, 4.69) is 0 Å². The van der Waals surface area contributed by atoms with E-state index in [1.54, 1.807) is 6.92 Å². The molecular weight excluding hydrogens is 126 g/mol. The first-order chi connectivity index (χ1) is 4.79. The van der Waals surface area contributed by atoms with Gasteiger partial charge in [-0.15, -0.1) is 0 Å². The van der Waals surface area contributed by atoms with Gasteiger partial charge in [-0.1, -0.05) is 19.3 Å². The Labute approximate surface area is 62.7 Å². The van der Waals surface area contributed by atoms with Crippen LogP contribution in [-0.2, 0) is 4.74 Å². The second-order valence-electron chi connectivity index (χ2n) is 3.04. The van der Waals surface area contributed by atoms with Crippen LogP contribution in [0, 0.1) is 0 Å². The highest BCUT2D eigenvalue weighted by molar-refractivity contribution is 4.65. The van der Waals surface area contributed by atoms with E-state index in [-0.39, 0.29) is 6.23 Å². The lowest BCUT2D eigenvalue weighted by Crippen LogP contribution is -2.22. The van der Waals surface area contributed by atoms with Gasteiger partial charge in [0, 0.05) is 0 Å². The van der Waals surface area contributed by atoms with Crippen LogP contribution in [0.5, 0.6) is 0 Å². The average molecular weight is 142 g/mol. The van der Waals surface area contributed by atoms with Crippen molar-refractivity contribution in [3.8, 4) is 0 Å². The van der Waals surface area contributed by atoms with Crippen molar-refractivity contribution in [2.75, 3.05) is 0 Å². The van der Waals surface area contributed by atoms with Gasteiger partial charge in [-0.3, -0.25) is 0 Å². The molecule has 10 heavy (non-hydrogen) atoms. The normalized spacial score (nSPS) is 24.6. The largest absolute Gasteiger partial charge is 0.359 e. The third-order valence-corrected chi connectivity index (χ3v) is 1.95. The topological polar surface area (TPSA) is 33.0 Å². The van der Waals surface area contributed by atoms with Gasteiger partial charge in [-0.2, -0.15) is 0 Å². The molecule has 1 aliphatic carbocycles. The van der Waals surface area contributed by atoms with Crippen LogP contribution >= 0.6 is 0 Å². The minimum absolute atomic E-state index is 0.330. The van der Waals surface area contributed by atoms with Crippen LogP contribution in [0.2, 0.25) is 0 Å². The van der Waals surface area contributed by atoms with E-state index in [4.69, 9.17) is 10.5 Å². The van der Waals surface area contributed by atoms with Gasteiger partial charge >= 0.3 is 0 Å². The van der Waals surface area contributed by atoms with Crippen molar-refractivity contribution in [1.82, 2.24) is 5.73 Å². The van der Waals surface area contributed by atoms with Crippen LogP contribution in [0.1, 0.15) is 39.0 Å². The maximum Gasteiger partial charge on any atom is 0.117 e. The Balaban J connectivity index is 2.13. The van der Waals surface area contributed by atoms with Gasteiger partial charge in [0.1, 0.15) is 6.23 Å². The Morgan fingerprint density at radius 3 is 2.40 bits per heavy atom. The molecule has 0 bridgehead atoms. The van der Waals surface area contributed by atoms with E-state index in [1.807, 2.05) is 0 Å². The maximum atomic E-state index is 7.19. The van der Waals surface area contributed by atoms with Crippen LogP contribution < -0.4 is 5.73 Å². The molecule has 0 heterocycles. The van der Waals surface area contributed by atoms with E-state index in [0.717, 1.165) is 0 Å². The molecule has 0 aromatic carbocycles. The number of hydrogen-bond donors (Lipinski definition) is 0. The molecule has 0 saturated heterocycles. The maximum absolute atomic E-state index is 7.19. The Morgan fingerprint density at radius 1 is 1.30 bits per heavy atom. The summed E-state index contributed by atoms with van der Waals surface area (Å²) < 4.78 is 5.36. The summed E-state index contributed by atoms with van der Waals surface area (Å²) >= 11 is 0. The lowest BCUT2D eigenvalue weighted by Gasteiger charge is -2.23. The molecule has 1 radical (unpaired) electrons. The molecule has 2 heteroatoms. The zero-order valence-electron chi connectivity index (χ0n) is 6.60. The lowest BCUT2D eigenvalue weighted by molar-refractivity contribution is -0.0211. The van der Waals surface area contributed by atoms with E-state index in [1.165, 1.54) is 32.1 Å². The smallest absolute Gasteiger partial charge is 0.117 e. The Morgan fingerprint density at radius 2 is 1.90 bits per heavy atom. The van der Waals surface area contributed by atoms with E-state index < -0.39 is 0 Å². The highest BCUT2D eigenvalue weighted by Crippen LogP contribution is 2.20. The van der Waals surface area contributed by atoms with Crippen molar-refractivity contribution in [2.45, 2.75) is 51.4 Å². The monoisotopic (exact) mass is 142 g/mol. The van der Waals surface area contributed by atoms with Crippen molar-refractivity contribution in [2.24, 2.45) is 0 Å².